The normalized spacial score (nSPS) is 11.2. The largest absolute Gasteiger partial charge is 0.456 e. The molecular formula is C58H36N4O. The number of hydrogen-bond donors (Lipinski definition) is 0. The van der Waals surface area contributed by atoms with Crippen molar-refractivity contribution >= 4 is 21.9 Å². The number of hydrogen-bond acceptors (Lipinski definition) is 5. The molecule has 2 aromatic heterocycles. The Morgan fingerprint density at radius 2 is 0.746 bits per heavy atom. The summed E-state index contributed by atoms with van der Waals surface area (Å²) in [5, 5.41) is 11.9. The Hall–Kier alpha value is -8.72. The Morgan fingerprint density at radius 1 is 0.317 bits per heavy atom. The van der Waals surface area contributed by atoms with E-state index >= 15 is 0 Å². The highest BCUT2D eigenvalue weighted by Gasteiger charge is 2.18. The molecule has 0 radical (unpaired) electrons. The molecule has 0 atom stereocenters. The van der Waals surface area contributed by atoms with Crippen LogP contribution in [0.1, 0.15) is 5.56 Å². The van der Waals surface area contributed by atoms with Gasteiger partial charge in [0.25, 0.3) is 0 Å². The fourth-order valence-corrected chi connectivity index (χ4v) is 8.40. The molecule has 0 unspecified atom stereocenters. The molecule has 294 valence electrons. The zero-order valence-electron chi connectivity index (χ0n) is 34.0. The van der Waals surface area contributed by atoms with Crippen LogP contribution in [0.25, 0.3) is 112 Å². The second-order valence-electron chi connectivity index (χ2n) is 15.5. The van der Waals surface area contributed by atoms with Crippen LogP contribution in [0.3, 0.4) is 0 Å². The van der Waals surface area contributed by atoms with E-state index in [9.17, 15) is 5.26 Å². The second-order valence-corrected chi connectivity index (χ2v) is 15.5. The molecule has 0 fully saturated rings. The summed E-state index contributed by atoms with van der Waals surface area (Å²) in [6.07, 6.45) is 0. The third-order valence-electron chi connectivity index (χ3n) is 11.6. The predicted octanol–water partition coefficient (Wildman–Crippen LogP) is 15.0. The maximum absolute atomic E-state index is 9.78. The third kappa shape index (κ3) is 7.22. The van der Waals surface area contributed by atoms with Crippen molar-refractivity contribution < 1.29 is 4.42 Å². The van der Waals surface area contributed by atoms with Crippen molar-refractivity contribution in [1.29, 1.82) is 5.26 Å². The maximum atomic E-state index is 9.78. The van der Waals surface area contributed by atoms with E-state index in [0.717, 1.165) is 72.0 Å². The number of benzene rings is 9. The topological polar surface area (TPSA) is 75.6 Å². The average molecular weight is 805 g/mol. The summed E-state index contributed by atoms with van der Waals surface area (Å²) in [4.78, 5) is 15.3. The second kappa shape index (κ2) is 16.0. The first-order valence-corrected chi connectivity index (χ1v) is 20.9. The van der Waals surface area contributed by atoms with Gasteiger partial charge in [0.1, 0.15) is 11.2 Å². The van der Waals surface area contributed by atoms with Gasteiger partial charge in [0.2, 0.25) is 0 Å². The van der Waals surface area contributed by atoms with E-state index in [0.29, 0.717) is 23.0 Å². The van der Waals surface area contributed by atoms with Crippen molar-refractivity contribution in [3.63, 3.8) is 0 Å². The van der Waals surface area contributed by atoms with Crippen LogP contribution in [-0.2, 0) is 0 Å². The first-order chi connectivity index (χ1) is 31.1. The van der Waals surface area contributed by atoms with E-state index < -0.39 is 0 Å². The van der Waals surface area contributed by atoms with Crippen molar-refractivity contribution in [2.24, 2.45) is 0 Å². The van der Waals surface area contributed by atoms with Crippen molar-refractivity contribution in [3.05, 3.63) is 224 Å². The Kier molecular flexibility index (Phi) is 9.50. The highest BCUT2D eigenvalue weighted by atomic mass is 16.3. The summed E-state index contributed by atoms with van der Waals surface area (Å²) in [5.74, 6) is 1.63. The Labute approximate surface area is 364 Å². The van der Waals surface area contributed by atoms with Gasteiger partial charge in [-0.1, -0.05) is 188 Å². The number of fused-ring (bicyclic) bond motifs is 3. The van der Waals surface area contributed by atoms with Crippen LogP contribution in [-0.4, -0.2) is 15.0 Å². The van der Waals surface area contributed by atoms with Gasteiger partial charge in [-0.25, -0.2) is 15.0 Å². The lowest BCUT2D eigenvalue weighted by molar-refractivity contribution is 0.669. The standard InChI is InChI=1S/C58H36N4O/c59-37-49-15-7-8-18-50(49)43-29-31-45(32-30-43)56-60-57(47-17-9-16-46(35-47)42-23-21-40(22-24-42)38-11-3-1-4-12-38)62-58(61-56)48-33-34-52-54(36-48)63-53-20-10-19-51(55(52)53)44-27-25-41(26-28-44)39-13-5-2-6-14-39/h1-36H. The Balaban J connectivity index is 0.996. The Morgan fingerprint density at radius 3 is 1.38 bits per heavy atom. The van der Waals surface area contributed by atoms with Gasteiger partial charge >= 0.3 is 0 Å². The van der Waals surface area contributed by atoms with Crippen LogP contribution >= 0.6 is 0 Å². The number of nitrogens with zero attached hydrogens (tertiary/aromatic N) is 4. The lowest BCUT2D eigenvalue weighted by Crippen LogP contribution is -2.00. The summed E-state index contributed by atoms with van der Waals surface area (Å²) in [6, 6.07) is 77.0. The molecule has 0 bridgehead atoms. The molecular weight excluding hydrogens is 769 g/mol. The highest BCUT2D eigenvalue weighted by Crippen LogP contribution is 2.39. The van der Waals surface area contributed by atoms with Crippen LogP contribution < -0.4 is 0 Å². The monoisotopic (exact) mass is 804 g/mol. The van der Waals surface area contributed by atoms with Crippen LogP contribution in [0.4, 0.5) is 0 Å². The minimum Gasteiger partial charge on any atom is -0.456 e. The van der Waals surface area contributed by atoms with E-state index in [1.807, 2.05) is 91.0 Å². The molecule has 0 spiro atoms. The van der Waals surface area contributed by atoms with Crippen molar-refractivity contribution in [1.82, 2.24) is 15.0 Å². The minimum absolute atomic E-state index is 0.533. The summed E-state index contributed by atoms with van der Waals surface area (Å²) < 4.78 is 6.58. The van der Waals surface area contributed by atoms with E-state index in [4.69, 9.17) is 19.4 Å². The number of furan rings is 1. The molecule has 0 saturated carbocycles. The van der Waals surface area contributed by atoms with Gasteiger partial charge in [0.15, 0.2) is 17.5 Å². The smallest absolute Gasteiger partial charge is 0.164 e. The van der Waals surface area contributed by atoms with Crippen LogP contribution in [0.5, 0.6) is 0 Å². The molecule has 0 saturated heterocycles. The predicted molar refractivity (Wildman–Crippen MR) is 255 cm³/mol. The lowest BCUT2D eigenvalue weighted by atomic mass is 9.96. The van der Waals surface area contributed by atoms with Crippen LogP contribution in [0.15, 0.2) is 223 Å². The molecule has 0 amide bonds. The average Bonchev–Trinajstić information content (AvgIpc) is 3.75. The minimum atomic E-state index is 0.533. The van der Waals surface area contributed by atoms with Gasteiger partial charge in [-0.2, -0.15) is 5.26 Å². The van der Waals surface area contributed by atoms with Crippen molar-refractivity contribution in [3.8, 4) is 95.9 Å². The number of aromatic nitrogens is 3. The first kappa shape index (κ1) is 37.3. The molecule has 0 aliphatic carbocycles. The van der Waals surface area contributed by atoms with Crippen molar-refractivity contribution in [2.75, 3.05) is 0 Å². The zero-order valence-corrected chi connectivity index (χ0v) is 34.0. The van der Waals surface area contributed by atoms with Crippen LogP contribution in [0, 0.1) is 11.3 Å². The summed E-state index contributed by atoms with van der Waals surface area (Å²) in [7, 11) is 0. The van der Waals surface area contributed by atoms with Gasteiger partial charge in [-0.3, -0.25) is 0 Å². The summed E-state index contributed by atoms with van der Waals surface area (Å²) in [5.41, 5.74) is 15.6. The number of rotatable bonds is 8. The molecule has 0 aliphatic heterocycles. The van der Waals surface area contributed by atoms with Crippen LogP contribution in [0.2, 0.25) is 0 Å². The quantitative estimate of drug-likeness (QED) is 0.153. The summed E-state index contributed by atoms with van der Waals surface area (Å²) >= 11 is 0. The summed E-state index contributed by atoms with van der Waals surface area (Å²) in [6.45, 7) is 0. The molecule has 5 heteroatoms. The molecule has 11 rings (SSSR count). The third-order valence-corrected chi connectivity index (χ3v) is 11.6. The molecule has 11 aromatic rings. The van der Waals surface area contributed by atoms with Gasteiger partial charge in [0.05, 0.1) is 11.6 Å². The van der Waals surface area contributed by atoms with E-state index in [2.05, 4.69) is 133 Å². The molecule has 0 N–H and O–H groups in total. The number of nitriles is 1. The van der Waals surface area contributed by atoms with E-state index in [1.165, 1.54) is 22.3 Å². The maximum Gasteiger partial charge on any atom is 0.164 e. The molecule has 9 aromatic carbocycles. The first-order valence-electron chi connectivity index (χ1n) is 20.9. The highest BCUT2D eigenvalue weighted by molar-refractivity contribution is 6.13. The zero-order chi connectivity index (χ0) is 42.1. The van der Waals surface area contributed by atoms with E-state index in [1.54, 1.807) is 0 Å². The molecule has 0 aliphatic rings. The van der Waals surface area contributed by atoms with Gasteiger partial charge < -0.3 is 4.42 Å². The Bertz CT molecular complexity index is 3480. The van der Waals surface area contributed by atoms with Gasteiger partial charge in [-0.15, -0.1) is 0 Å². The van der Waals surface area contributed by atoms with Gasteiger partial charge in [-0.05, 0) is 86.0 Å². The molecule has 5 nitrogen and oxygen atoms in total. The molecule has 63 heavy (non-hydrogen) atoms. The lowest BCUT2D eigenvalue weighted by Gasteiger charge is -2.11. The van der Waals surface area contributed by atoms with Gasteiger partial charge in [0, 0.05) is 27.5 Å². The fraction of sp³-hybridized carbons (Fsp3) is 0. The molecule has 2 heterocycles. The fourth-order valence-electron chi connectivity index (χ4n) is 8.40. The SMILES string of the molecule is N#Cc1ccccc1-c1ccc(-c2nc(-c3cccc(-c4ccc(-c5ccccc5)cc4)c3)nc(-c3ccc4c(c3)oc3cccc(-c5ccc(-c6ccccc6)cc5)c34)n2)cc1. The van der Waals surface area contributed by atoms with E-state index in [-0.39, 0.29) is 0 Å². The van der Waals surface area contributed by atoms with Crippen molar-refractivity contribution in [2.45, 2.75) is 0 Å².